The number of amides is 3. The molecular formula is C18H34N4O6S. The first-order valence-corrected chi connectivity index (χ1v) is 10.9. The van der Waals surface area contributed by atoms with Gasteiger partial charge in [0, 0.05) is 0 Å². The average molecular weight is 435 g/mol. The van der Waals surface area contributed by atoms with Crippen molar-refractivity contribution >= 4 is 35.5 Å². The molecule has 0 heterocycles. The summed E-state index contributed by atoms with van der Waals surface area (Å²) in [6.07, 6.45) is 1.60. The number of aliphatic hydroxyl groups is 1. The summed E-state index contributed by atoms with van der Waals surface area (Å²) in [6, 6.07) is -4.21. The van der Waals surface area contributed by atoms with Gasteiger partial charge in [-0.25, -0.2) is 4.79 Å². The third kappa shape index (κ3) is 9.46. The van der Waals surface area contributed by atoms with Crippen LogP contribution in [0.4, 0.5) is 0 Å². The van der Waals surface area contributed by atoms with Crippen molar-refractivity contribution in [3.8, 4) is 0 Å². The first-order chi connectivity index (χ1) is 13.5. The number of hydrogen-bond donors (Lipinski definition) is 6. The van der Waals surface area contributed by atoms with Crippen molar-refractivity contribution in [1.82, 2.24) is 16.0 Å². The minimum atomic E-state index is -1.50. The third-order valence-corrected chi connectivity index (χ3v) is 5.25. The number of aliphatic hydroxyl groups excluding tert-OH is 1. The second kappa shape index (κ2) is 13.4. The second-order valence-corrected chi connectivity index (χ2v) is 8.03. The van der Waals surface area contributed by atoms with Crippen LogP contribution in [0.2, 0.25) is 0 Å². The molecule has 6 unspecified atom stereocenters. The van der Waals surface area contributed by atoms with Crippen LogP contribution in [0, 0.1) is 5.92 Å². The summed E-state index contributed by atoms with van der Waals surface area (Å²) in [5, 5.41) is 25.8. The van der Waals surface area contributed by atoms with E-state index in [1.807, 2.05) is 20.1 Å². The van der Waals surface area contributed by atoms with Crippen molar-refractivity contribution in [3.05, 3.63) is 0 Å². The predicted octanol–water partition coefficient (Wildman–Crippen LogP) is -0.947. The number of carboxylic acid groups (broad SMARTS) is 1. The SMILES string of the molecule is CCC(C)C(N)C(=O)NC(CCSC)C(=O)NC(C)C(=O)NC(C(=O)O)C(C)O. The number of rotatable bonds is 13. The highest BCUT2D eigenvalue weighted by Gasteiger charge is 2.30. The standard InChI is InChI=1S/C18H34N4O6S/c1-6-9(2)13(19)17(26)21-12(7-8-29-5)16(25)20-10(3)15(24)22-14(11(4)23)18(27)28/h9-14,23H,6-8,19H2,1-5H3,(H,20,25)(H,21,26)(H,22,24)(H,27,28). The van der Waals surface area contributed by atoms with Gasteiger partial charge in [-0.2, -0.15) is 11.8 Å². The van der Waals surface area contributed by atoms with E-state index >= 15 is 0 Å². The monoisotopic (exact) mass is 434 g/mol. The van der Waals surface area contributed by atoms with E-state index in [0.717, 1.165) is 0 Å². The maximum Gasteiger partial charge on any atom is 0.328 e. The Hall–Kier alpha value is -1.85. The predicted molar refractivity (Wildman–Crippen MR) is 111 cm³/mol. The van der Waals surface area contributed by atoms with E-state index < -0.39 is 54.0 Å². The molecule has 29 heavy (non-hydrogen) atoms. The Balaban J connectivity index is 5.05. The van der Waals surface area contributed by atoms with Crippen molar-refractivity contribution in [1.29, 1.82) is 0 Å². The van der Waals surface area contributed by atoms with Gasteiger partial charge in [0.25, 0.3) is 0 Å². The van der Waals surface area contributed by atoms with Crippen LogP contribution in [0.25, 0.3) is 0 Å². The number of carboxylic acids is 1. The summed E-state index contributed by atoms with van der Waals surface area (Å²) in [5.41, 5.74) is 5.92. The van der Waals surface area contributed by atoms with E-state index in [2.05, 4.69) is 16.0 Å². The van der Waals surface area contributed by atoms with Gasteiger partial charge in [0.05, 0.1) is 12.1 Å². The number of carbonyl (C=O) groups is 4. The lowest BCUT2D eigenvalue weighted by Gasteiger charge is -2.25. The van der Waals surface area contributed by atoms with Crippen molar-refractivity contribution in [2.24, 2.45) is 11.7 Å². The molecular weight excluding hydrogens is 400 g/mol. The summed E-state index contributed by atoms with van der Waals surface area (Å²) in [5.74, 6) is -2.64. The molecule has 168 valence electrons. The van der Waals surface area contributed by atoms with Gasteiger partial charge in [-0.15, -0.1) is 0 Å². The Morgan fingerprint density at radius 1 is 1.00 bits per heavy atom. The molecule has 10 nitrogen and oxygen atoms in total. The number of hydrogen-bond acceptors (Lipinski definition) is 7. The van der Waals surface area contributed by atoms with Crippen LogP contribution in [0.15, 0.2) is 0 Å². The fraction of sp³-hybridized carbons (Fsp3) is 0.778. The highest BCUT2D eigenvalue weighted by molar-refractivity contribution is 7.98. The van der Waals surface area contributed by atoms with Crippen LogP contribution in [0.3, 0.4) is 0 Å². The Bertz CT molecular complexity index is 575. The van der Waals surface area contributed by atoms with Crippen molar-refractivity contribution in [2.75, 3.05) is 12.0 Å². The minimum Gasteiger partial charge on any atom is -0.480 e. The normalized spacial score (nSPS) is 17.2. The van der Waals surface area contributed by atoms with Gasteiger partial charge < -0.3 is 31.9 Å². The molecule has 6 atom stereocenters. The van der Waals surface area contributed by atoms with Crippen LogP contribution >= 0.6 is 11.8 Å². The van der Waals surface area contributed by atoms with E-state index in [9.17, 15) is 24.3 Å². The van der Waals surface area contributed by atoms with E-state index in [4.69, 9.17) is 10.8 Å². The maximum absolute atomic E-state index is 12.6. The lowest BCUT2D eigenvalue weighted by Crippen LogP contribution is -2.58. The number of carbonyl (C=O) groups excluding carboxylic acids is 3. The van der Waals surface area contributed by atoms with Crippen molar-refractivity contribution < 1.29 is 29.4 Å². The molecule has 0 aliphatic rings. The molecule has 0 aliphatic heterocycles. The molecule has 7 N–H and O–H groups in total. The zero-order valence-electron chi connectivity index (χ0n) is 17.6. The van der Waals surface area contributed by atoms with E-state index in [0.29, 0.717) is 18.6 Å². The quantitative estimate of drug-likeness (QED) is 0.215. The molecule has 3 amide bonds. The first kappa shape index (κ1) is 27.1. The van der Waals surface area contributed by atoms with Crippen LogP contribution < -0.4 is 21.7 Å². The zero-order chi connectivity index (χ0) is 22.7. The molecule has 0 spiro atoms. The van der Waals surface area contributed by atoms with Gasteiger partial charge >= 0.3 is 5.97 Å². The van der Waals surface area contributed by atoms with Gasteiger partial charge in [0.1, 0.15) is 12.1 Å². The molecule has 0 rings (SSSR count). The Morgan fingerprint density at radius 2 is 1.59 bits per heavy atom. The van der Waals surface area contributed by atoms with Gasteiger partial charge in [-0.1, -0.05) is 20.3 Å². The fourth-order valence-electron chi connectivity index (χ4n) is 2.33. The Kier molecular flexibility index (Phi) is 12.5. The molecule has 0 aromatic carbocycles. The zero-order valence-corrected chi connectivity index (χ0v) is 18.4. The van der Waals surface area contributed by atoms with Crippen LogP contribution in [0.1, 0.15) is 40.5 Å². The summed E-state index contributed by atoms with van der Waals surface area (Å²) < 4.78 is 0. The smallest absolute Gasteiger partial charge is 0.328 e. The fourth-order valence-corrected chi connectivity index (χ4v) is 2.80. The van der Waals surface area contributed by atoms with Gasteiger partial charge in [-0.3, -0.25) is 14.4 Å². The molecule has 11 heteroatoms. The first-order valence-electron chi connectivity index (χ1n) is 9.52. The minimum absolute atomic E-state index is 0.0580. The molecule has 0 bridgehead atoms. The summed E-state index contributed by atoms with van der Waals surface area (Å²) in [4.78, 5) is 48.2. The van der Waals surface area contributed by atoms with Gasteiger partial charge in [0.15, 0.2) is 6.04 Å². The molecule has 0 aromatic heterocycles. The molecule has 0 saturated carbocycles. The van der Waals surface area contributed by atoms with Crippen molar-refractivity contribution in [3.63, 3.8) is 0 Å². The average Bonchev–Trinajstić information content (AvgIpc) is 2.66. The Morgan fingerprint density at radius 3 is 2.03 bits per heavy atom. The molecule has 0 aliphatic carbocycles. The largest absolute Gasteiger partial charge is 0.480 e. The summed E-state index contributed by atoms with van der Waals surface area (Å²) >= 11 is 1.50. The van der Waals surface area contributed by atoms with Crippen LogP contribution in [-0.2, 0) is 19.2 Å². The van der Waals surface area contributed by atoms with E-state index in [1.54, 1.807) is 0 Å². The lowest BCUT2D eigenvalue weighted by atomic mass is 9.99. The number of aliphatic carboxylic acids is 1. The molecule has 0 fully saturated rings. The van der Waals surface area contributed by atoms with Gasteiger partial charge in [-0.05, 0) is 38.2 Å². The third-order valence-electron chi connectivity index (χ3n) is 4.60. The number of thioether (sulfide) groups is 1. The second-order valence-electron chi connectivity index (χ2n) is 7.05. The highest BCUT2D eigenvalue weighted by atomic mass is 32.2. The van der Waals surface area contributed by atoms with E-state index in [-0.39, 0.29) is 5.92 Å². The molecule has 0 saturated heterocycles. The van der Waals surface area contributed by atoms with Crippen molar-refractivity contribution in [2.45, 2.75) is 70.8 Å². The summed E-state index contributed by atoms with van der Waals surface area (Å²) in [7, 11) is 0. The topological polar surface area (TPSA) is 171 Å². The lowest BCUT2D eigenvalue weighted by molar-refractivity contribution is -0.145. The number of nitrogens with two attached hydrogens (primary N) is 1. The summed E-state index contributed by atoms with van der Waals surface area (Å²) in [6.45, 7) is 6.37. The molecule has 0 radical (unpaired) electrons. The Labute approximate surface area is 175 Å². The van der Waals surface area contributed by atoms with Gasteiger partial charge in [0.2, 0.25) is 17.7 Å². The van der Waals surface area contributed by atoms with E-state index in [1.165, 1.54) is 25.6 Å². The molecule has 0 aromatic rings. The highest BCUT2D eigenvalue weighted by Crippen LogP contribution is 2.07. The van der Waals surface area contributed by atoms with Crippen LogP contribution in [0.5, 0.6) is 0 Å². The maximum atomic E-state index is 12.6. The van der Waals surface area contributed by atoms with Crippen LogP contribution in [-0.4, -0.2) is 76.2 Å². The number of nitrogens with one attached hydrogen (secondary N) is 3.